The highest BCUT2D eigenvalue weighted by Gasteiger charge is 2.12. The number of hydrogen-bond donors (Lipinski definition) is 2. The van der Waals surface area contributed by atoms with Crippen molar-refractivity contribution in [1.82, 2.24) is 4.72 Å². The number of carbonyl (C=O) groups is 2. The fourth-order valence-electron chi connectivity index (χ4n) is 2.11. The topological polar surface area (TPSA) is 81.4 Å². The molecule has 0 aromatic heterocycles. The van der Waals surface area contributed by atoms with Gasteiger partial charge in [-0.15, -0.1) is 0 Å². The lowest BCUT2D eigenvalue weighted by Gasteiger charge is -2.16. The minimum absolute atomic E-state index is 0.0861. The highest BCUT2D eigenvalue weighted by Crippen LogP contribution is 2.25. The summed E-state index contributed by atoms with van der Waals surface area (Å²) in [6.07, 6.45) is -0.157. The Balaban J connectivity index is 0.000000359. The summed E-state index contributed by atoms with van der Waals surface area (Å²) in [4.78, 5) is 22.7. The molecule has 0 radical (unpaired) electrons. The lowest BCUT2D eigenvalue weighted by atomic mass is 10.1. The molecule has 0 heterocycles. The minimum atomic E-state index is -0.725. The van der Waals surface area contributed by atoms with Gasteiger partial charge >= 0.3 is 6.09 Å². The van der Waals surface area contributed by atoms with E-state index in [1.54, 1.807) is 20.8 Å². The molecule has 0 fully saturated rings. The van der Waals surface area contributed by atoms with Crippen LogP contribution in [0.15, 0.2) is 47.4 Å². The van der Waals surface area contributed by atoms with Crippen molar-refractivity contribution < 1.29 is 14.3 Å². The van der Waals surface area contributed by atoms with E-state index in [1.165, 1.54) is 22.7 Å². The first-order valence-corrected chi connectivity index (χ1v) is 9.32. The SMILES string of the molecule is CC(C)(C)OC(N)=O.CC(C)CC(=O)NSc1cccc2ccccc12. The highest BCUT2D eigenvalue weighted by atomic mass is 32.2. The van der Waals surface area contributed by atoms with Crippen molar-refractivity contribution in [1.29, 1.82) is 0 Å². The molecule has 3 N–H and O–H groups in total. The van der Waals surface area contributed by atoms with Crippen LogP contribution in [0.2, 0.25) is 0 Å². The molecule has 0 spiro atoms. The Hall–Kier alpha value is -2.21. The molecule has 0 aliphatic heterocycles. The second-order valence-electron chi connectivity index (χ2n) is 7.24. The molecule has 0 saturated carbocycles. The number of rotatable bonds is 4. The molecule has 0 unspecified atom stereocenters. The fourth-order valence-corrected chi connectivity index (χ4v) is 2.86. The molecule has 0 aliphatic rings. The second-order valence-corrected chi connectivity index (χ2v) is 8.08. The van der Waals surface area contributed by atoms with Gasteiger partial charge in [0.15, 0.2) is 0 Å². The Morgan fingerprint density at radius 3 is 2.27 bits per heavy atom. The molecule has 5 nitrogen and oxygen atoms in total. The quantitative estimate of drug-likeness (QED) is 0.745. The summed E-state index contributed by atoms with van der Waals surface area (Å²) >= 11 is 1.40. The van der Waals surface area contributed by atoms with Crippen molar-refractivity contribution in [3.63, 3.8) is 0 Å². The molecule has 0 bridgehead atoms. The molecular formula is C20H28N2O3S. The van der Waals surface area contributed by atoms with Crippen LogP contribution in [-0.2, 0) is 9.53 Å². The van der Waals surface area contributed by atoms with E-state index in [1.807, 2.05) is 38.1 Å². The van der Waals surface area contributed by atoms with Gasteiger partial charge in [0.1, 0.15) is 5.60 Å². The lowest BCUT2D eigenvalue weighted by molar-refractivity contribution is -0.119. The van der Waals surface area contributed by atoms with Crippen LogP contribution in [0.5, 0.6) is 0 Å². The predicted molar refractivity (Wildman–Crippen MR) is 108 cm³/mol. The summed E-state index contributed by atoms with van der Waals surface area (Å²) in [5, 5.41) is 2.37. The van der Waals surface area contributed by atoms with Crippen LogP contribution in [0.4, 0.5) is 4.79 Å². The Labute approximate surface area is 159 Å². The number of ether oxygens (including phenoxy) is 1. The van der Waals surface area contributed by atoms with Crippen molar-refractivity contribution >= 4 is 34.7 Å². The number of primary amides is 1. The zero-order valence-corrected chi connectivity index (χ0v) is 16.9. The third kappa shape index (κ3) is 8.76. The Bertz CT molecular complexity index is 734. The minimum Gasteiger partial charge on any atom is -0.444 e. The molecule has 26 heavy (non-hydrogen) atoms. The van der Waals surface area contributed by atoms with E-state index in [-0.39, 0.29) is 5.91 Å². The molecule has 2 aromatic rings. The second kappa shape index (κ2) is 10.1. The third-order valence-corrected chi connectivity index (χ3v) is 3.93. The van der Waals surface area contributed by atoms with Crippen molar-refractivity contribution in [2.75, 3.05) is 0 Å². The van der Waals surface area contributed by atoms with Crippen molar-refractivity contribution in [2.24, 2.45) is 11.7 Å². The highest BCUT2D eigenvalue weighted by molar-refractivity contribution is 7.98. The summed E-state index contributed by atoms with van der Waals surface area (Å²) in [5.74, 6) is 0.473. The Morgan fingerprint density at radius 2 is 1.73 bits per heavy atom. The number of carbonyl (C=O) groups excluding carboxylic acids is 2. The van der Waals surface area contributed by atoms with Gasteiger partial charge in [0.2, 0.25) is 5.91 Å². The third-order valence-electron chi connectivity index (χ3n) is 3.02. The molecule has 2 rings (SSSR count). The van der Waals surface area contributed by atoms with Gasteiger partial charge < -0.3 is 10.5 Å². The average Bonchev–Trinajstić information content (AvgIpc) is 2.50. The van der Waals surface area contributed by atoms with Gasteiger partial charge in [-0.1, -0.05) is 50.2 Å². The largest absolute Gasteiger partial charge is 0.444 e. The van der Waals surface area contributed by atoms with E-state index in [2.05, 4.69) is 27.7 Å². The van der Waals surface area contributed by atoms with Gasteiger partial charge in [-0.3, -0.25) is 9.52 Å². The van der Waals surface area contributed by atoms with E-state index in [9.17, 15) is 9.59 Å². The molecule has 2 amide bonds. The Kier molecular flexibility index (Phi) is 8.45. The van der Waals surface area contributed by atoms with Crippen LogP contribution in [0, 0.1) is 5.92 Å². The summed E-state index contributed by atoms with van der Waals surface area (Å²) in [7, 11) is 0. The number of amides is 2. The van der Waals surface area contributed by atoms with Crippen molar-refractivity contribution in [2.45, 2.75) is 51.5 Å². The Morgan fingerprint density at radius 1 is 1.12 bits per heavy atom. The number of benzene rings is 2. The number of nitrogens with one attached hydrogen (secondary N) is 1. The van der Waals surface area contributed by atoms with Crippen LogP contribution in [-0.4, -0.2) is 17.6 Å². The van der Waals surface area contributed by atoms with E-state index >= 15 is 0 Å². The van der Waals surface area contributed by atoms with Crippen molar-refractivity contribution in [3.8, 4) is 0 Å². The maximum absolute atomic E-state index is 11.6. The van der Waals surface area contributed by atoms with E-state index < -0.39 is 11.7 Å². The number of nitrogens with two attached hydrogens (primary N) is 1. The first-order valence-electron chi connectivity index (χ1n) is 8.50. The van der Waals surface area contributed by atoms with Gasteiger partial charge in [-0.25, -0.2) is 4.79 Å². The molecule has 0 saturated heterocycles. The first-order chi connectivity index (χ1) is 12.1. The van der Waals surface area contributed by atoms with Gasteiger partial charge in [0, 0.05) is 11.3 Å². The van der Waals surface area contributed by atoms with Crippen LogP contribution in [0.25, 0.3) is 10.8 Å². The maximum atomic E-state index is 11.6. The summed E-state index contributed by atoms with van der Waals surface area (Å²) in [6.45, 7) is 9.37. The number of hydrogen-bond acceptors (Lipinski definition) is 4. The lowest BCUT2D eigenvalue weighted by Crippen LogP contribution is -2.27. The van der Waals surface area contributed by atoms with Gasteiger partial charge in [0.05, 0.1) is 0 Å². The molecule has 6 heteroatoms. The maximum Gasteiger partial charge on any atom is 0.405 e. The van der Waals surface area contributed by atoms with E-state index in [0.29, 0.717) is 12.3 Å². The summed E-state index contributed by atoms with van der Waals surface area (Å²) in [5.41, 5.74) is 4.26. The van der Waals surface area contributed by atoms with Gasteiger partial charge in [-0.05, 0) is 55.5 Å². The zero-order chi connectivity index (χ0) is 19.7. The van der Waals surface area contributed by atoms with E-state index in [4.69, 9.17) is 5.73 Å². The zero-order valence-electron chi connectivity index (χ0n) is 16.0. The first kappa shape index (κ1) is 21.8. The molecule has 142 valence electrons. The smallest absolute Gasteiger partial charge is 0.405 e. The van der Waals surface area contributed by atoms with E-state index in [0.717, 1.165) is 4.90 Å². The molecule has 2 aromatic carbocycles. The molecule has 0 aliphatic carbocycles. The average molecular weight is 377 g/mol. The van der Waals surface area contributed by atoms with Crippen LogP contribution < -0.4 is 10.5 Å². The van der Waals surface area contributed by atoms with Crippen LogP contribution in [0.1, 0.15) is 41.0 Å². The normalized spacial score (nSPS) is 10.8. The fraction of sp³-hybridized carbons (Fsp3) is 0.400. The van der Waals surface area contributed by atoms with Crippen LogP contribution >= 0.6 is 11.9 Å². The van der Waals surface area contributed by atoms with Crippen molar-refractivity contribution in [3.05, 3.63) is 42.5 Å². The predicted octanol–water partition coefficient (Wildman–Crippen LogP) is 4.89. The monoisotopic (exact) mass is 376 g/mol. The summed E-state index contributed by atoms with van der Waals surface area (Å²) in [6, 6.07) is 14.3. The van der Waals surface area contributed by atoms with Gasteiger partial charge in [0.25, 0.3) is 0 Å². The molecule has 0 atom stereocenters. The standard InChI is InChI=1S/C15H17NOS.C5H11NO2/c1-11(2)10-15(17)16-18-14-9-5-7-12-6-3-4-8-13(12)14;1-5(2,3)8-4(6)7/h3-9,11H,10H2,1-2H3,(H,16,17);1-3H3,(H2,6,7). The molecular weight excluding hydrogens is 348 g/mol. The van der Waals surface area contributed by atoms with Gasteiger partial charge in [-0.2, -0.15) is 0 Å². The summed E-state index contributed by atoms with van der Waals surface area (Å²) < 4.78 is 7.48. The van der Waals surface area contributed by atoms with Crippen LogP contribution in [0.3, 0.4) is 0 Å². The number of fused-ring (bicyclic) bond motifs is 1.